The predicted molar refractivity (Wildman–Crippen MR) is 63.9 cm³/mol. The molecule has 0 aliphatic rings. The summed E-state index contributed by atoms with van der Waals surface area (Å²) in [6, 6.07) is 0.703. The van der Waals surface area contributed by atoms with Crippen LogP contribution >= 0.6 is 0 Å². The van der Waals surface area contributed by atoms with Gasteiger partial charge >= 0.3 is 24.8 Å². The standard InChI is InChI=1S/C10H22N2O2.Li.H/c1-8(2)12(9(3)4)7-10(13)14-11(5)6;;/h8-9H,7H2,1-6H3;;. The van der Waals surface area contributed by atoms with Gasteiger partial charge in [-0.3, -0.25) is 4.90 Å². The van der Waals surface area contributed by atoms with Crippen molar-refractivity contribution >= 4 is 24.8 Å². The van der Waals surface area contributed by atoms with Crippen molar-refractivity contribution in [3.05, 3.63) is 0 Å². The summed E-state index contributed by atoms with van der Waals surface area (Å²) in [7, 11) is 3.40. The Kier molecular flexibility index (Phi) is 9.48. The third-order valence-corrected chi connectivity index (χ3v) is 1.92. The van der Waals surface area contributed by atoms with Gasteiger partial charge in [0, 0.05) is 26.2 Å². The summed E-state index contributed by atoms with van der Waals surface area (Å²) in [5.74, 6) is -0.211. The molecule has 0 spiro atoms. The zero-order valence-corrected chi connectivity index (χ0v) is 10.1. The maximum absolute atomic E-state index is 11.4. The van der Waals surface area contributed by atoms with Crippen molar-refractivity contribution in [2.24, 2.45) is 0 Å². The third-order valence-electron chi connectivity index (χ3n) is 1.92. The molecule has 0 atom stereocenters. The first kappa shape index (κ1) is 17.4. The molecule has 0 heterocycles. The van der Waals surface area contributed by atoms with E-state index in [1.807, 2.05) is 0 Å². The number of rotatable bonds is 5. The average molecular weight is 210 g/mol. The van der Waals surface area contributed by atoms with Gasteiger partial charge in [0.15, 0.2) is 0 Å². The first-order valence-electron chi connectivity index (χ1n) is 4.98. The van der Waals surface area contributed by atoms with E-state index in [1.165, 1.54) is 5.06 Å². The van der Waals surface area contributed by atoms with Gasteiger partial charge in [0.1, 0.15) is 0 Å². The van der Waals surface area contributed by atoms with E-state index in [2.05, 4.69) is 32.6 Å². The monoisotopic (exact) mass is 210 g/mol. The van der Waals surface area contributed by atoms with E-state index in [4.69, 9.17) is 4.84 Å². The van der Waals surface area contributed by atoms with Gasteiger partial charge in [-0.1, -0.05) is 0 Å². The van der Waals surface area contributed by atoms with Crippen molar-refractivity contribution < 1.29 is 9.63 Å². The summed E-state index contributed by atoms with van der Waals surface area (Å²) in [4.78, 5) is 18.4. The van der Waals surface area contributed by atoms with Crippen molar-refractivity contribution in [1.29, 1.82) is 0 Å². The topological polar surface area (TPSA) is 32.8 Å². The van der Waals surface area contributed by atoms with Gasteiger partial charge in [0.05, 0.1) is 6.54 Å². The van der Waals surface area contributed by atoms with Crippen LogP contribution in [0.5, 0.6) is 0 Å². The first-order chi connectivity index (χ1) is 6.34. The van der Waals surface area contributed by atoms with Crippen molar-refractivity contribution in [2.75, 3.05) is 20.6 Å². The molecule has 0 fully saturated rings. The van der Waals surface area contributed by atoms with Crippen molar-refractivity contribution in [3.63, 3.8) is 0 Å². The van der Waals surface area contributed by atoms with Crippen LogP contribution in [-0.2, 0) is 9.63 Å². The predicted octanol–water partition coefficient (Wildman–Crippen LogP) is 0.476. The van der Waals surface area contributed by atoms with E-state index < -0.39 is 0 Å². The van der Waals surface area contributed by atoms with Crippen LogP contribution in [0.4, 0.5) is 0 Å². The van der Waals surface area contributed by atoms with E-state index in [0.717, 1.165) is 0 Å². The summed E-state index contributed by atoms with van der Waals surface area (Å²) < 4.78 is 0. The van der Waals surface area contributed by atoms with Crippen molar-refractivity contribution in [2.45, 2.75) is 39.8 Å². The third kappa shape index (κ3) is 7.86. The number of nitrogens with zero attached hydrogens (tertiary/aromatic N) is 2. The second-order valence-electron chi connectivity index (χ2n) is 4.14. The fourth-order valence-corrected chi connectivity index (χ4v) is 1.34. The van der Waals surface area contributed by atoms with E-state index in [1.54, 1.807) is 14.1 Å². The SMILES string of the molecule is CC(C)N(CC(=O)ON(C)C)C(C)C.[LiH]. The van der Waals surface area contributed by atoms with Crippen LogP contribution in [0, 0.1) is 0 Å². The van der Waals surface area contributed by atoms with Crippen LogP contribution < -0.4 is 0 Å². The molecule has 0 N–H and O–H groups in total. The Morgan fingerprint density at radius 3 is 1.80 bits per heavy atom. The molecule has 15 heavy (non-hydrogen) atoms. The molecule has 0 aromatic carbocycles. The number of carbonyl (C=O) groups excluding carboxylic acids is 1. The summed E-state index contributed by atoms with van der Waals surface area (Å²) in [5, 5.41) is 1.42. The summed E-state index contributed by atoms with van der Waals surface area (Å²) in [6.45, 7) is 8.63. The number of hydrogen-bond donors (Lipinski definition) is 0. The van der Waals surface area contributed by atoms with Gasteiger partial charge in [-0.15, -0.1) is 5.06 Å². The molecule has 0 saturated carbocycles. The molecule has 0 aliphatic heterocycles. The molecule has 5 heteroatoms. The molecule has 0 aromatic rings. The zero-order valence-electron chi connectivity index (χ0n) is 10.1. The Morgan fingerprint density at radius 1 is 1.13 bits per heavy atom. The van der Waals surface area contributed by atoms with Crippen molar-refractivity contribution in [3.8, 4) is 0 Å². The molecule has 0 rings (SSSR count). The summed E-state index contributed by atoms with van der Waals surface area (Å²) >= 11 is 0. The van der Waals surface area contributed by atoms with Gasteiger partial charge in [-0.25, -0.2) is 4.79 Å². The summed E-state index contributed by atoms with van der Waals surface area (Å²) in [6.07, 6.45) is 0. The quantitative estimate of drug-likeness (QED) is 0.488. The molecular formula is C10H23LiN2O2. The zero-order chi connectivity index (χ0) is 11.3. The van der Waals surface area contributed by atoms with Gasteiger partial charge in [-0.2, -0.15) is 0 Å². The fourth-order valence-electron chi connectivity index (χ4n) is 1.34. The van der Waals surface area contributed by atoms with Gasteiger partial charge in [0.2, 0.25) is 0 Å². The van der Waals surface area contributed by atoms with Crippen LogP contribution in [0.2, 0.25) is 0 Å². The number of hydrogen-bond acceptors (Lipinski definition) is 4. The van der Waals surface area contributed by atoms with Gasteiger partial charge < -0.3 is 4.84 Å². The van der Waals surface area contributed by atoms with Crippen LogP contribution in [-0.4, -0.2) is 67.5 Å². The van der Waals surface area contributed by atoms with Crippen LogP contribution in [0.15, 0.2) is 0 Å². The molecule has 0 saturated heterocycles. The van der Waals surface area contributed by atoms with E-state index in [9.17, 15) is 4.79 Å². The number of carbonyl (C=O) groups is 1. The Hall–Kier alpha value is -0.0126. The fraction of sp³-hybridized carbons (Fsp3) is 0.900. The van der Waals surface area contributed by atoms with Crippen LogP contribution in [0.3, 0.4) is 0 Å². The molecule has 0 bridgehead atoms. The minimum atomic E-state index is -0.211. The Morgan fingerprint density at radius 2 is 1.53 bits per heavy atom. The molecule has 0 unspecified atom stereocenters. The second-order valence-corrected chi connectivity index (χ2v) is 4.14. The molecular weight excluding hydrogens is 187 g/mol. The molecule has 0 radical (unpaired) electrons. The Bertz CT molecular complexity index is 176. The Labute approximate surface area is 105 Å². The maximum atomic E-state index is 11.4. The summed E-state index contributed by atoms with van der Waals surface area (Å²) in [5.41, 5.74) is 0. The molecule has 86 valence electrons. The normalized spacial score (nSPS) is 11.1. The Balaban J connectivity index is 0. The second kappa shape index (κ2) is 8.18. The van der Waals surface area contributed by atoms with Crippen LogP contribution in [0.1, 0.15) is 27.7 Å². The molecule has 0 aromatic heterocycles. The molecule has 0 aliphatic carbocycles. The first-order valence-corrected chi connectivity index (χ1v) is 4.98. The van der Waals surface area contributed by atoms with E-state index >= 15 is 0 Å². The van der Waals surface area contributed by atoms with E-state index in [-0.39, 0.29) is 24.8 Å². The van der Waals surface area contributed by atoms with Gasteiger partial charge in [0.25, 0.3) is 0 Å². The molecule has 4 nitrogen and oxygen atoms in total. The average Bonchev–Trinajstić information content (AvgIpc) is 1.97. The molecule has 0 amide bonds. The van der Waals surface area contributed by atoms with Crippen molar-refractivity contribution in [1.82, 2.24) is 9.96 Å². The van der Waals surface area contributed by atoms with Crippen LogP contribution in [0.25, 0.3) is 0 Å². The van der Waals surface area contributed by atoms with E-state index in [0.29, 0.717) is 18.6 Å². The number of hydroxylamine groups is 2. The minimum absolute atomic E-state index is 0. The van der Waals surface area contributed by atoms with Gasteiger partial charge in [-0.05, 0) is 27.7 Å².